The third-order valence-corrected chi connectivity index (χ3v) is 4.14. The fourth-order valence-electron chi connectivity index (χ4n) is 3.29. The van der Waals surface area contributed by atoms with E-state index in [9.17, 15) is 4.79 Å². The van der Waals surface area contributed by atoms with Gasteiger partial charge in [0.2, 0.25) is 0 Å². The van der Waals surface area contributed by atoms with Gasteiger partial charge in [0.05, 0.1) is 0 Å². The van der Waals surface area contributed by atoms with E-state index in [1.165, 1.54) is 38.5 Å². The molecule has 2 fully saturated rings. The number of aliphatic carboxylic acids is 1. The number of hydrogen-bond donors (Lipinski definition) is 1. The van der Waals surface area contributed by atoms with Crippen LogP contribution in [-0.2, 0) is 4.79 Å². The van der Waals surface area contributed by atoms with Crippen LogP contribution in [0.5, 0.6) is 0 Å². The number of nitrogens with zero attached hydrogens (tertiary/aromatic N) is 1. The summed E-state index contributed by atoms with van der Waals surface area (Å²) >= 11 is 0. The van der Waals surface area contributed by atoms with Crippen LogP contribution in [0.25, 0.3) is 0 Å². The lowest BCUT2D eigenvalue weighted by molar-refractivity contribution is -0.145. The number of hydrogen-bond acceptors (Lipinski definition) is 2. The first-order valence-electron chi connectivity index (χ1n) is 6.18. The van der Waals surface area contributed by atoms with Crippen LogP contribution in [0.2, 0.25) is 0 Å². The van der Waals surface area contributed by atoms with Crippen LogP contribution in [-0.4, -0.2) is 34.6 Å². The molecule has 1 heterocycles. The van der Waals surface area contributed by atoms with Gasteiger partial charge in [-0.25, -0.2) is 0 Å². The molecule has 2 rings (SSSR count). The van der Waals surface area contributed by atoms with E-state index in [1.807, 2.05) is 6.92 Å². The van der Waals surface area contributed by atoms with Gasteiger partial charge in [0.25, 0.3) is 0 Å². The molecule has 2 aliphatic rings. The number of carboxylic acids is 1. The predicted molar refractivity (Wildman–Crippen MR) is 58.8 cm³/mol. The Bertz CT molecular complexity index is 240. The normalized spacial score (nSPS) is 34.5. The molecular formula is C12H21NO2. The summed E-state index contributed by atoms with van der Waals surface area (Å²) in [6.07, 6.45) is 7.64. The summed E-state index contributed by atoms with van der Waals surface area (Å²) in [7, 11) is 0. The van der Waals surface area contributed by atoms with Gasteiger partial charge in [-0.1, -0.05) is 12.8 Å². The smallest absolute Gasteiger partial charge is 0.320 e. The Morgan fingerprint density at radius 1 is 1.27 bits per heavy atom. The summed E-state index contributed by atoms with van der Waals surface area (Å²) in [5, 5.41) is 9.08. The summed E-state index contributed by atoms with van der Waals surface area (Å²) in [6, 6.07) is 0.259. The van der Waals surface area contributed by atoms with Crippen molar-refractivity contribution in [2.45, 2.75) is 57.5 Å². The second-order valence-electron chi connectivity index (χ2n) is 5.01. The Morgan fingerprint density at radius 3 is 2.67 bits per heavy atom. The highest BCUT2D eigenvalue weighted by molar-refractivity contribution is 5.72. The van der Waals surface area contributed by atoms with Gasteiger partial charge < -0.3 is 5.11 Å². The minimum Gasteiger partial charge on any atom is -0.480 e. The van der Waals surface area contributed by atoms with E-state index >= 15 is 0 Å². The predicted octanol–water partition coefficient (Wildman–Crippen LogP) is 2.11. The van der Waals surface area contributed by atoms with Crippen molar-refractivity contribution < 1.29 is 9.90 Å². The molecule has 3 atom stereocenters. The maximum Gasteiger partial charge on any atom is 0.320 e. The highest BCUT2D eigenvalue weighted by atomic mass is 16.4. The topological polar surface area (TPSA) is 40.5 Å². The summed E-state index contributed by atoms with van der Waals surface area (Å²) in [5.41, 5.74) is 0. The molecule has 1 unspecified atom stereocenters. The van der Waals surface area contributed by atoms with Gasteiger partial charge in [-0.3, -0.25) is 9.69 Å². The molecule has 3 nitrogen and oxygen atoms in total. The first kappa shape index (κ1) is 10.9. The van der Waals surface area contributed by atoms with Crippen molar-refractivity contribution >= 4 is 5.97 Å². The average Bonchev–Trinajstić information content (AvgIpc) is 2.27. The Hall–Kier alpha value is -0.570. The minimum absolute atomic E-state index is 0.295. The zero-order valence-electron chi connectivity index (χ0n) is 9.48. The second kappa shape index (κ2) is 4.52. The van der Waals surface area contributed by atoms with Crippen LogP contribution >= 0.6 is 0 Å². The van der Waals surface area contributed by atoms with Crippen LogP contribution in [0.1, 0.15) is 45.4 Å². The van der Waals surface area contributed by atoms with Gasteiger partial charge in [0.1, 0.15) is 6.04 Å². The molecule has 1 saturated carbocycles. The zero-order valence-corrected chi connectivity index (χ0v) is 9.48. The maximum atomic E-state index is 11.0. The van der Waals surface area contributed by atoms with Gasteiger partial charge in [-0.05, 0) is 45.1 Å². The SMILES string of the molecule is CC(C(=O)O)N1CCC[C@H]2CCCC[C@H]21. The second-order valence-corrected chi connectivity index (χ2v) is 5.01. The minimum atomic E-state index is -0.666. The lowest BCUT2D eigenvalue weighted by Gasteiger charge is -2.45. The van der Waals surface area contributed by atoms with Crippen LogP contribution in [0.15, 0.2) is 0 Å². The zero-order chi connectivity index (χ0) is 10.8. The van der Waals surface area contributed by atoms with Gasteiger partial charge >= 0.3 is 5.97 Å². The van der Waals surface area contributed by atoms with Gasteiger partial charge in [0, 0.05) is 6.04 Å². The number of piperidine rings is 1. The number of rotatable bonds is 2. The third kappa shape index (κ3) is 2.17. The van der Waals surface area contributed by atoms with E-state index in [0.717, 1.165) is 12.5 Å². The van der Waals surface area contributed by atoms with Crippen LogP contribution in [0.4, 0.5) is 0 Å². The molecule has 0 aromatic heterocycles. The van der Waals surface area contributed by atoms with Crippen LogP contribution < -0.4 is 0 Å². The Morgan fingerprint density at radius 2 is 1.93 bits per heavy atom. The highest BCUT2D eigenvalue weighted by Crippen LogP contribution is 2.36. The summed E-state index contributed by atoms with van der Waals surface area (Å²) in [5.74, 6) is 0.107. The Kier molecular flexibility index (Phi) is 3.29. The molecule has 86 valence electrons. The number of fused-ring (bicyclic) bond motifs is 1. The van der Waals surface area contributed by atoms with Gasteiger partial charge in [-0.2, -0.15) is 0 Å². The lowest BCUT2D eigenvalue weighted by atomic mass is 9.78. The van der Waals surface area contributed by atoms with E-state index in [-0.39, 0.29) is 6.04 Å². The van der Waals surface area contributed by atoms with Gasteiger partial charge in [-0.15, -0.1) is 0 Å². The molecule has 0 amide bonds. The summed E-state index contributed by atoms with van der Waals surface area (Å²) in [6.45, 7) is 2.81. The maximum absolute atomic E-state index is 11.0. The van der Waals surface area contributed by atoms with Crippen molar-refractivity contribution in [3.05, 3.63) is 0 Å². The Balaban J connectivity index is 2.06. The molecular weight excluding hydrogens is 190 g/mol. The molecule has 1 aliphatic carbocycles. The number of carbonyl (C=O) groups is 1. The molecule has 1 N–H and O–H groups in total. The first-order chi connectivity index (χ1) is 7.20. The van der Waals surface area contributed by atoms with Crippen molar-refractivity contribution in [2.24, 2.45) is 5.92 Å². The molecule has 0 spiro atoms. The molecule has 15 heavy (non-hydrogen) atoms. The lowest BCUT2D eigenvalue weighted by Crippen LogP contribution is -2.53. The molecule has 0 bridgehead atoms. The van der Waals surface area contributed by atoms with Crippen molar-refractivity contribution in [3.63, 3.8) is 0 Å². The molecule has 3 heteroatoms. The monoisotopic (exact) mass is 211 g/mol. The van der Waals surface area contributed by atoms with Crippen LogP contribution in [0, 0.1) is 5.92 Å². The fourth-order valence-corrected chi connectivity index (χ4v) is 3.29. The molecule has 1 aliphatic heterocycles. The fraction of sp³-hybridized carbons (Fsp3) is 0.917. The number of likely N-dealkylation sites (tertiary alicyclic amines) is 1. The van der Waals surface area contributed by atoms with Crippen molar-refractivity contribution in [1.29, 1.82) is 0 Å². The summed E-state index contributed by atoms with van der Waals surface area (Å²) in [4.78, 5) is 13.3. The first-order valence-corrected chi connectivity index (χ1v) is 6.18. The van der Waals surface area contributed by atoms with E-state index in [1.54, 1.807) is 0 Å². The molecule has 0 aromatic rings. The summed E-state index contributed by atoms with van der Waals surface area (Å²) < 4.78 is 0. The van der Waals surface area contributed by atoms with E-state index in [0.29, 0.717) is 6.04 Å². The molecule has 1 saturated heterocycles. The molecule has 0 aromatic carbocycles. The highest BCUT2D eigenvalue weighted by Gasteiger charge is 2.37. The molecule has 0 radical (unpaired) electrons. The van der Waals surface area contributed by atoms with E-state index < -0.39 is 5.97 Å². The largest absolute Gasteiger partial charge is 0.480 e. The van der Waals surface area contributed by atoms with E-state index in [4.69, 9.17) is 5.11 Å². The number of carboxylic acid groups (broad SMARTS) is 1. The van der Waals surface area contributed by atoms with Crippen molar-refractivity contribution in [3.8, 4) is 0 Å². The van der Waals surface area contributed by atoms with Gasteiger partial charge in [0.15, 0.2) is 0 Å². The van der Waals surface area contributed by atoms with Crippen molar-refractivity contribution in [1.82, 2.24) is 4.90 Å². The van der Waals surface area contributed by atoms with Crippen LogP contribution in [0.3, 0.4) is 0 Å². The quantitative estimate of drug-likeness (QED) is 0.760. The average molecular weight is 211 g/mol. The van der Waals surface area contributed by atoms with E-state index in [2.05, 4.69) is 4.90 Å². The third-order valence-electron chi connectivity index (χ3n) is 4.14. The Labute approximate surface area is 91.5 Å². The van der Waals surface area contributed by atoms with Crippen molar-refractivity contribution in [2.75, 3.05) is 6.54 Å². The standard InChI is InChI=1S/C12H21NO2/c1-9(12(14)15)13-8-4-6-10-5-2-3-7-11(10)13/h9-11H,2-8H2,1H3,(H,14,15)/t9?,10-,11-/m1/s1.